The molecule has 1 aliphatic carbocycles. The standard InChI is InChI=1S/C26H30N4O/c1-4-29-16-21(15-27-29)20-12-13-24-23(14-20)25(28-22-8-6-5-7-9-22)17(2)26(19-10-11-19)30(24)18(3)31/h5-9,12-17,19,25-26,28H,4,10-11H2,1-3H3/t17-,25?,26-/m1/s1. The van der Waals surface area contributed by atoms with Gasteiger partial charge in [0.15, 0.2) is 0 Å². The Hall–Kier alpha value is -3.08. The topological polar surface area (TPSA) is 50.2 Å². The lowest BCUT2D eigenvalue weighted by molar-refractivity contribution is -0.117. The van der Waals surface area contributed by atoms with Gasteiger partial charge in [-0.1, -0.05) is 31.2 Å². The summed E-state index contributed by atoms with van der Waals surface area (Å²) in [6, 6.07) is 17.3. The Morgan fingerprint density at radius 1 is 1.13 bits per heavy atom. The van der Waals surface area contributed by atoms with Crippen molar-refractivity contribution in [3.05, 3.63) is 66.5 Å². The van der Waals surface area contributed by atoms with Crippen LogP contribution in [0.2, 0.25) is 0 Å². The zero-order chi connectivity index (χ0) is 21.5. The summed E-state index contributed by atoms with van der Waals surface area (Å²) in [5.74, 6) is 1.03. The minimum absolute atomic E-state index is 0.134. The first-order valence-electron chi connectivity index (χ1n) is 11.3. The molecule has 160 valence electrons. The van der Waals surface area contributed by atoms with Crippen LogP contribution in [0, 0.1) is 11.8 Å². The maximum atomic E-state index is 12.8. The summed E-state index contributed by atoms with van der Waals surface area (Å²) in [6.45, 7) is 6.94. The van der Waals surface area contributed by atoms with Crippen LogP contribution in [0.1, 0.15) is 45.2 Å². The fourth-order valence-electron chi connectivity index (χ4n) is 5.14. The molecule has 1 aromatic heterocycles. The van der Waals surface area contributed by atoms with Gasteiger partial charge in [0.1, 0.15) is 0 Å². The first-order chi connectivity index (χ1) is 15.1. The predicted molar refractivity (Wildman–Crippen MR) is 125 cm³/mol. The van der Waals surface area contributed by atoms with Gasteiger partial charge in [-0.05, 0) is 61.1 Å². The molecule has 1 unspecified atom stereocenters. The van der Waals surface area contributed by atoms with Crippen molar-refractivity contribution in [1.82, 2.24) is 9.78 Å². The SMILES string of the molecule is CCn1cc(-c2ccc3c(c2)C(Nc2ccccc2)[C@@H](C)[C@H](C2CC2)N3C(C)=O)cn1. The van der Waals surface area contributed by atoms with E-state index in [1.807, 2.05) is 16.9 Å². The number of aryl methyl sites for hydroxylation is 1. The second-order valence-electron chi connectivity index (χ2n) is 8.92. The molecular weight excluding hydrogens is 384 g/mol. The normalized spacial score (nSPS) is 22.8. The van der Waals surface area contributed by atoms with Gasteiger partial charge in [0.05, 0.1) is 12.2 Å². The Balaban J connectivity index is 1.62. The third kappa shape index (κ3) is 3.62. The molecule has 3 aromatic rings. The van der Waals surface area contributed by atoms with E-state index in [1.165, 1.54) is 18.4 Å². The number of nitrogens with one attached hydrogen (secondary N) is 1. The molecule has 1 aliphatic heterocycles. The van der Waals surface area contributed by atoms with Gasteiger partial charge in [-0.3, -0.25) is 9.48 Å². The summed E-state index contributed by atoms with van der Waals surface area (Å²) in [5.41, 5.74) is 5.58. The van der Waals surface area contributed by atoms with Gasteiger partial charge in [0.25, 0.3) is 0 Å². The largest absolute Gasteiger partial charge is 0.378 e. The van der Waals surface area contributed by atoms with Crippen LogP contribution in [-0.4, -0.2) is 21.7 Å². The number of benzene rings is 2. The minimum atomic E-state index is 0.134. The second-order valence-corrected chi connectivity index (χ2v) is 8.92. The average Bonchev–Trinajstić information content (AvgIpc) is 3.50. The van der Waals surface area contributed by atoms with E-state index in [4.69, 9.17) is 0 Å². The molecule has 3 atom stereocenters. The molecule has 31 heavy (non-hydrogen) atoms. The van der Waals surface area contributed by atoms with E-state index in [0.717, 1.165) is 29.0 Å². The maximum Gasteiger partial charge on any atom is 0.224 e. The number of para-hydroxylation sites is 1. The quantitative estimate of drug-likeness (QED) is 0.599. The number of carbonyl (C=O) groups is 1. The fraction of sp³-hybridized carbons (Fsp3) is 0.385. The molecule has 5 rings (SSSR count). The summed E-state index contributed by atoms with van der Waals surface area (Å²) >= 11 is 0. The highest BCUT2D eigenvalue weighted by atomic mass is 16.2. The van der Waals surface area contributed by atoms with Crippen molar-refractivity contribution in [3.63, 3.8) is 0 Å². The van der Waals surface area contributed by atoms with Crippen molar-refractivity contribution in [2.24, 2.45) is 11.8 Å². The third-order valence-corrected chi connectivity index (χ3v) is 6.82. The lowest BCUT2D eigenvalue weighted by Gasteiger charge is -2.46. The molecule has 1 N–H and O–H groups in total. The summed E-state index contributed by atoms with van der Waals surface area (Å²) in [5, 5.41) is 8.24. The maximum absolute atomic E-state index is 12.8. The van der Waals surface area contributed by atoms with Gasteiger partial charge < -0.3 is 10.2 Å². The fourth-order valence-corrected chi connectivity index (χ4v) is 5.14. The van der Waals surface area contributed by atoms with Crippen LogP contribution < -0.4 is 10.2 Å². The summed E-state index contributed by atoms with van der Waals surface area (Å²) in [4.78, 5) is 14.9. The van der Waals surface area contributed by atoms with Crippen molar-refractivity contribution < 1.29 is 4.79 Å². The van der Waals surface area contributed by atoms with Crippen molar-refractivity contribution >= 4 is 17.3 Å². The number of aromatic nitrogens is 2. The highest BCUT2D eigenvalue weighted by Gasteiger charge is 2.47. The lowest BCUT2D eigenvalue weighted by Crippen LogP contribution is -2.51. The molecule has 0 saturated heterocycles. The number of carbonyl (C=O) groups excluding carboxylic acids is 1. The number of hydrogen-bond donors (Lipinski definition) is 1. The van der Waals surface area contributed by atoms with E-state index < -0.39 is 0 Å². The van der Waals surface area contributed by atoms with Crippen LogP contribution in [0.5, 0.6) is 0 Å². The highest BCUT2D eigenvalue weighted by molar-refractivity contribution is 5.94. The lowest BCUT2D eigenvalue weighted by atomic mass is 9.79. The van der Waals surface area contributed by atoms with Crippen molar-refractivity contribution in [2.75, 3.05) is 10.2 Å². The molecule has 5 nitrogen and oxygen atoms in total. The Bertz CT molecular complexity index is 1090. The van der Waals surface area contributed by atoms with Gasteiger partial charge in [0.2, 0.25) is 5.91 Å². The smallest absolute Gasteiger partial charge is 0.224 e. The number of nitrogens with zero attached hydrogens (tertiary/aromatic N) is 3. The Kier molecular flexibility index (Phi) is 5.05. The predicted octanol–water partition coefficient (Wildman–Crippen LogP) is 5.50. The summed E-state index contributed by atoms with van der Waals surface area (Å²) < 4.78 is 1.95. The summed E-state index contributed by atoms with van der Waals surface area (Å²) in [7, 11) is 0. The van der Waals surface area contributed by atoms with Gasteiger partial charge in [0, 0.05) is 48.6 Å². The minimum Gasteiger partial charge on any atom is -0.378 e. The van der Waals surface area contributed by atoms with Crippen molar-refractivity contribution in [2.45, 2.75) is 52.2 Å². The number of fused-ring (bicyclic) bond motifs is 1. The van der Waals surface area contributed by atoms with Crippen LogP contribution in [0.3, 0.4) is 0 Å². The van der Waals surface area contributed by atoms with Crippen LogP contribution in [0.4, 0.5) is 11.4 Å². The van der Waals surface area contributed by atoms with E-state index in [1.54, 1.807) is 6.92 Å². The molecule has 0 radical (unpaired) electrons. The van der Waals surface area contributed by atoms with E-state index >= 15 is 0 Å². The Labute approximate surface area is 184 Å². The molecule has 2 aliphatic rings. The molecule has 5 heteroatoms. The highest BCUT2D eigenvalue weighted by Crippen LogP contribution is 2.50. The Morgan fingerprint density at radius 2 is 1.90 bits per heavy atom. The van der Waals surface area contributed by atoms with Gasteiger partial charge in [-0.2, -0.15) is 5.10 Å². The zero-order valence-corrected chi connectivity index (χ0v) is 18.5. The van der Waals surface area contributed by atoms with E-state index in [2.05, 4.69) is 77.8 Å². The molecule has 1 saturated carbocycles. The van der Waals surface area contributed by atoms with Crippen LogP contribution >= 0.6 is 0 Å². The van der Waals surface area contributed by atoms with E-state index in [0.29, 0.717) is 11.8 Å². The number of anilines is 2. The second kappa shape index (κ2) is 7.88. The molecule has 2 aromatic carbocycles. The average molecular weight is 415 g/mol. The third-order valence-electron chi connectivity index (χ3n) is 6.82. The molecule has 2 heterocycles. The van der Waals surface area contributed by atoms with Gasteiger partial charge >= 0.3 is 0 Å². The van der Waals surface area contributed by atoms with Crippen LogP contribution in [-0.2, 0) is 11.3 Å². The van der Waals surface area contributed by atoms with Crippen LogP contribution in [0.25, 0.3) is 11.1 Å². The summed E-state index contributed by atoms with van der Waals surface area (Å²) in [6.07, 6.45) is 6.43. The molecule has 1 fully saturated rings. The molecule has 1 amide bonds. The van der Waals surface area contributed by atoms with E-state index in [9.17, 15) is 4.79 Å². The van der Waals surface area contributed by atoms with Gasteiger partial charge in [-0.25, -0.2) is 0 Å². The Morgan fingerprint density at radius 3 is 2.55 bits per heavy atom. The number of hydrogen-bond acceptors (Lipinski definition) is 3. The van der Waals surface area contributed by atoms with Gasteiger partial charge in [-0.15, -0.1) is 0 Å². The number of amides is 1. The first-order valence-corrected chi connectivity index (χ1v) is 11.3. The monoisotopic (exact) mass is 414 g/mol. The zero-order valence-electron chi connectivity index (χ0n) is 18.5. The van der Waals surface area contributed by atoms with Crippen LogP contribution in [0.15, 0.2) is 60.9 Å². The molecular formula is C26H30N4O. The van der Waals surface area contributed by atoms with E-state index in [-0.39, 0.29) is 18.0 Å². The van der Waals surface area contributed by atoms with Crippen molar-refractivity contribution in [1.29, 1.82) is 0 Å². The number of rotatable bonds is 5. The first kappa shape index (κ1) is 19.9. The molecule has 0 bridgehead atoms. The van der Waals surface area contributed by atoms with Crippen molar-refractivity contribution in [3.8, 4) is 11.1 Å². The molecule has 0 spiro atoms.